The van der Waals surface area contributed by atoms with Crippen LogP contribution in [0.1, 0.15) is 25.7 Å². The summed E-state index contributed by atoms with van der Waals surface area (Å²) in [6.07, 6.45) is 6.08. The number of nitrogens with one attached hydrogen (secondary N) is 2. The largest absolute Gasteiger partial charge is 0.324 e. The van der Waals surface area contributed by atoms with Gasteiger partial charge in [-0.1, -0.05) is 0 Å². The minimum Gasteiger partial charge on any atom is -0.324 e. The van der Waals surface area contributed by atoms with Crippen molar-refractivity contribution >= 4 is 27.5 Å². The van der Waals surface area contributed by atoms with Gasteiger partial charge in [0, 0.05) is 17.0 Å². The van der Waals surface area contributed by atoms with Crippen molar-refractivity contribution in [2.24, 2.45) is 5.84 Å². The van der Waals surface area contributed by atoms with Crippen molar-refractivity contribution in [3.8, 4) is 0 Å². The van der Waals surface area contributed by atoms with Crippen molar-refractivity contribution in [3.63, 3.8) is 0 Å². The third-order valence-corrected chi connectivity index (χ3v) is 6.34. The molecule has 1 aromatic carbocycles. The number of rotatable bonds is 5. The van der Waals surface area contributed by atoms with Gasteiger partial charge in [0.25, 0.3) is 0 Å². The SMILES string of the molecule is CSC1CCC(NS(=O)(=O)c2ccc(NN)cc2)CC1. The predicted molar refractivity (Wildman–Crippen MR) is 84.1 cm³/mol. The summed E-state index contributed by atoms with van der Waals surface area (Å²) in [6, 6.07) is 6.48. The molecule has 2 rings (SSSR count). The number of nitrogen functional groups attached to an aromatic ring is 1. The van der Waals surface area contributed by atoms with E-state index in [1.54, 1.807) is 24.3 Å². The molecule has 20 heavy (non-hydrogen) atoms. The van der Waals surface area contributed by atoms with Crippen LogP contribution in [0.3, 0.4) is 0 Å². The molecule has 1 fully saturated rings. The molecule has 7 heteroatoms. The molecular formula is C13H21N3O2S2. The lowest BCUT2D eigenvalue weighted by atomic mass is 9.96. The van der Waals surface area contributed by atoms with Crippen LogP contribution in [0.2, 0.25) is 0 Å². The maximum absolute atomic E-state index is 12.3. The fraction of sp³-hybridized carbons (Fsp3) is 0.538. The molecule has 0 spiro atoms. The van der Waals surface area contributed by atoms with Crippen LogP contribution in [0.4, 0.5) is 5.69 Å². The van der Waals surface area contributed by atoms with Crippen LogP contribution in [0.15, 0.2) is 29.2 Å². The molecule has 1 aliphatic rings. The van der Waals surface area contributed by atoms with Gasteiger partial charge >= 0.3 is 0 Å². The molecule has 0 amide bonds. The van der Waals surface area contributed by atoms with E-state index in [0.29, 0.717) is 10.9 Å². The topological polar surface area (TPSA) is 84.2 Å². The molecule has 0 unspecified atom stereocenters. The minimum atomic E-state index is -3.43. The van der Waals surface area contributed by atoms with Crippen molar-refractivity contribution in [3.05, 3.63) is 24.3 Å². The first-order valence-electron chi connectivity index (χ1n) is 6.67. The summed E-state index contributed by atoms with van der Waals surface area (Å²) in [5, 5.41) is 0.672. The van der Waals surface area contributed by atoms with Gasteiger partial charge in [-0.15, -0.1) is 0 Å². The standard InChI is InChI=1S/C13H21N3O2S2/c1-19-12-6-2-11(3-7-12)16-20(17,18)13-8-4-10(15-14)5-9-13/h4-5,8-9,11-12,15-16H,2-3,6-7,14H2,1H3. The Morgan fingerprint density at radius 3 is 2.25 bits per heavy atom. The summed E-state index contributed by atoms with van der Waals surface area (Å²) in [5.74, 6) is 5.27. The van der Waals surface area contributed by atoms with Crippen LogP contribution in [-0.4, -0.2) is 26.0 Å². The molecule has 5 nitrogen and oxygen atoms in total. The Bertz CT molecular complexity index is 523. The zero-order valence-corrected chi connectivity index (χ0v) is 13.1. The van der Waals surface area contributed by atoms with Gasteiger partial charge in [0.05, 0.1) is 4.90 Å². The molecule has 0 heterocycles. The van der Waals surface area contributed by atoms with Gasteiger partial charge in [0.1, 0.15) is 0 Å². The summed E-state index contributed by atoms with van der Waals surface area (Å²) in [7, 11) is -3.43. The molecule has 0 radical (unpaired) electrons. The third kappa shape index (κ3) is 3.88. The second-order valence-corrected chi connectivity index (χ2v) is 7.85. The van der Waals surface area contributed by atoms with E-state index < -0.39 is 10.0 Å². The Labute approximate surface area is 124 Å². The second-order valence-electron chi connectivity index (χ2n) is 5.00. The summed E-state index contributed by atoms with van der Waals surface area (Å²) < 4.78 is 27.4. The smallest absolute Gasteiger partial charge is 0.240 e. The Morgan fingerprint density at radius 2 is 1.75 bits per heavy atom. The number of anilines is 1. The van der Waals surface area contributed by atoms with Crippen molar-refractivity contribution in [2.75, 3.05) is 11.7 Å². The molecule has 4 N–H and O–H groups in total. The van der Waals surface area contributed by atoms with Gasteiger partial charge in [0.15, 0.2) is 0 Å². The second kappa shape index (κ2) is 6.80. The number of sulfonamides is 1. The van der Waals surface area contributed by atoms with Crippen LogP contribution in [-0.2, 0) is 10.0 Å². The highest BCUT2D eigenvalue weighted by Crippen LogP contribution is 2.27. The van der Waals surface area contributed by atoms with E-state index in [4.69, 9.17) is 5.84 Å². The summed E-state index contributed by atoms with van der Waals surface area (Å²) >= 11 is 1.87. The lowest BCUT2D eigenvalue weighted by Gasteiger charge is -2.27. The van der Waals surface area contributed by atoms with Gasteiger partial charge in [-0.3, -0.25) is 5.84 Å². The van der Waals surface area contributed by atoms with E-state index in [-0.39, 0.29) is 10.9 Å². The molecular weight excluding hydrogens is 294 g/mol. The monoisotopic (exact) mass is 315 g/mol. The van der Waals surface area contributed by atoms with E-state index in [0.717, 1.165) is 25.7 Å². The van der Waals surface area contributed by atoms with Gasteiger partial charge in [0.2, 0.25) is 10.0 Å². The number of thioether (sulfide) groups is 1. The van der Waals surface area contributed by atoms with E-state index in [9.17, 15) is 8.42 Å². The van der Waals surface area contributed by atoms with Gasteiger partial charge in [-0.05, 0) is 56.2 Å². The predicted octanol–water partition coefficient (Wildman–Crippen LogP) is 1.92. The van der Waals surface area contributed by atoms with E-state index >= 15 is 0 Å². The fourth-order valence-corrected chi connectivity index (χ4v) is 4.48. The first-order valence-corrected chi connectivity index (χ1v) is 9.44. The van der Waals surface area contributed by atoms with E-state index in [1.807, 2.05) is 11.8 Å². The summed E-state index contributed by atoms with van der Waals surface area (Å²) in [5.41, 5.74) is 3.17. The number of benzene rings is 1. The van der Waals surface area contributed by atoms with Crippen LogP contribution in [0.25, 0.3) is 0 Å². The molecule has 0 saturated heterocycles. The molecule has 0 bridgehead atoms. The average Bonchev–Trinajstić information content (AvgIpc) is 2.48. The molecule has 0 atom stereocenters. The lowest BCUT2D eigenvalue weighted by Crippen LogP contribution is -2.38. The van der Waals surface area contributed by atoms with Crippen molar-refractivity contribution in [1.82, 2.24) is 4.72 Å². The van der Waals surface area contributed by atoms with Crippen LogP contribution in [0, 0.1) is 0 Å². The average molecular weight is 315 g/mol. The van der Waals surface area contributed by atoms with Crippen LogP contribution >= 0.6 is 11.8 Å². The Morgan fingerprint density at radius 1 is 1.15 bits per heavy atom. The third-order valence-electron chi connectivity index (χ3n) is 3.66. The Balaban J connectivity index is 2.00. The first kappa shape index (κ1) is 15.6. The van der Waals surface area contributed by atoms with Gasteiger partial charge in [-0.25, -0.2) is 13.1 Å². The molecule has 1 aliphatic carbocycles. The molecule has 0 aliphatic heterocycles. The molecule has 1 saturated carbocycles. The zero-order chi connectivity index (χ0) is 14.6. The molecule has 1 aromatic rings. The van der Waals surface area contributed by atoms with Gasteiger partial charge < -0.3 is 5.43 Å². The minimum absolute atomic E-state index is 0.0516. The Kier molecular flexibility index (Phi) is 5.31. The summed E-state index contributed by atoms with van der Waals surface area (Å²) in [4.78, 5) is 0.281. The normalized spacial score (nSPS) is 23.5. The van der Waals surface area contributed by atoms with Crippen molar-refractivity contribution in [2.45, 2.75) is 41.9 Å². The highest BCUT2D eigenvalue weighted by Gasteiger charge is 2.25. The lowest BCUT2D eigenvalue weighted by molar-refractivity contribution is 0.420. The van der Waals surface area contributed by atoms with E-state index in [1.165, 1.54) is 0 Å². The number of hydrogen-bond acceptors (Lipinski definition) is 5. The maximum Gasteiger partial charge on any atom is 0.240 e. The maximum atomic E-state index is 12.3. The van der Waals surface area contributed by atoms with Crippen LogP contribution in [0.5, 0.6) is 0 Å². The number of hydrazine groups is 1. The highest BCUT2D eigenvalue weighted by atomic mass is 32.2. The number of nitrogens with two attached hydrogens (primary N) is 1. The first-order chi connectivity index (χ1) is 9.55. The van der Waals surface area contributed by atoms with Crippen molar-refractivity contribution in [1.29, 1.82) is 0 Å². The van der Waals surface area contributed by atoms with E-state index in [2.05, 4.69) is 16.4 Å². The Hall–Kier alpha value is -0.760. The summed E-state index contributed by atoms with van der Waals surface area (Å²) in [6.45, 7) is 0. The molecule has 112 valence electrons. The quantitative estimate of drug-likeness (QED) is 0.571. The zero-order valence-electron chi connectivity index (χ0n) is 11.5. The van der Waals surface area contributed by atoms with Gasteiger partial charge in [-0.2, -0.15) is 11.8 Å². The number of hydrogen-bond donors (Lipinski definition) is 3. The van der Waals surface area contributed by atoms with Crippen LogP contribution < -0.4 is 16.0 Å². The molecule has 0 aromatic heterocycles. The highest BCUT2D eigenvalue weighted by molar-refractivity contribution is 7.99. The van der Waals surface area contributed by atoms with Crippen molar-refractivity contribution < 1.29 is 8.42 Å². The fourth-order valence-electron chi connectivity index (χ4n) is 2.43.